The van der Waals surface area contributed by atoms with Crippen LogP contribution in [0.1, 0.15) is 34.1 Å². The van der Waals surface area contributed by atoms with E-state index in [4.69, 9.17) is 11.6 Å². The molecule has 0 aromatic carbocycles. The van der Waals surface area contributed by atoms with Crippen molar-refractivity contribution in [3.05, 3.63) is 22.5 Å². The fraction of sp³-hybridized carbons (Fsp3) is 0.615. The Morgan fingerprint density at radius 2 is 1.89 bits per heavy atom. The van der Waals surface area contributed by atoms with Gasteiger partial charge in [-0.2, -0.15) is 0 Å². The summed E-state index contributed by atoms with van der Waals surface area (Å²) in [5.41, 5.74) is 12.1. The van der Waals surface area contributed by atoms with E-state index in [1.165, 1.54) is 11.9 Å². The molecular formula is C13H27N5. The summed E-state index contributed by atoms with van der Waals surface area (Å²) in [6, 6.07) is 0. The van der Waals surface area contributed by atoms with E-state index in [9.17, 15) is 0 Å². The summed E-state index contributed by atoms with van der Waals surface area (Å²) in [6.45, 7) is 9.17. The number of nitrogens with zero attached hydrogens (tertiary/aromatic N) is 1. The molecule has 0 aliphatic rings. The average Bonchev–Trinajstić information content (AvgIpc) is 2.28. The molecule has 6 N–H and O–H groups in total. The van der Waals surface area contributed by atoms with E-state index in [0.717, 1.165) is 29.9 Å². The monoisotopic (exact) mass is 253 g/mol. The van der Waals surface area contributed by atoms with Gasteiger partial charge in [0.05, 0.1) is 17.7 Å². The van der Waals surface area contributed by atoms with Gasteiger partial charge in [-0.25, -0.2) is 4.99 Å². The minimum atomic E-state index is 0.566. The van der Waals surface area contributed by atoms with Crippen LogP contribution in [0.25, 0.3) is 0 Å². The summed E-state index contributed by atoms with van der Waals surface area (Å²) in [4.78, 5) is 4.26. The average molecular weight is 253 g/mol. The van der Waals surface area contributed by atoms with E-state index in [1.807, 2.05) is 14.0 Å². The van der Waals surface area contributed by atoms with Crippen LogP contribution in [-0.4, -0.2) is 19.9 Å². The third-order valence-electron chi connectivity index (χ3n) is 2.57. The molecule has 0 heterocycles. The van der Waals surface area contributed by atoms with Gasteiger partial charge >= 0.3 is 0 Å². The third-order valence-corrected chi connectivity index (χ3v) is 2.57. The number of hydrogen-bond acceptors (Lipinski definition) is 4. The lowest BCUT2D eigenvalue weighted by Gasteiger charge is -2.16. The lowest BCUT2D eigenvalue weighted by atomic mass is 10.0. The number of rotatable bonds is 7. The van der Waals surface area contributed by atoms with E-state index in [0.29, 0.717) is 5.92 Å². The quantitative estimate of drug-likeness (QED) is 0.181. The van der Waals surface area contributed by atoms with Crippen molar-refractivity contribution in [2.24, 2.45) is 22.5 Å². The standard InChI is InChI=1S/C13H27N5/c1-9(2)6-10(3)12(17-8-14)13(18-15)11(4)7-16-5/h8-9,16,18H,6-7,15H2,1-5H3,(H2,14,17)/b12-10-,13-11-. The number of allylic oxidation sites excluding steroid dienone is 1. The zero-order chi connectivity index (χ0) is 14.1. The predicted molar refractivity (Wildman–Crippen MR) is 78.8 cm³/mol. The van der Waals surface area contributed by atoms with Gasteiger partial charge in [-0.15, -0.1) is 0 Å². The molecule has 5 nitrogen and oxygen atoms in total. The van der Waals surface area contributed by atoms with Crippen molar-refractivity contribution < 1.29 is 0 Å². The van der Waals surface area contributed by atoms with Crippen molar-refractivity contribution in [1.82, 2.24) is 10.7 Å². The highest BCUT2D eigenvalue weighted by Crippen LogP contribution is 2.21. The molecule has 0 aliphatic carbocycles. The molecule has 104 valence electrons. The molecule has 0 saturated carbocycles. The highest BCUT2D eigenvalue weighted by Gasteiger charge is 2.11. The van der Waals surface area contributed by atoms with E-state index >= 15 is 0 Å². The molecule has 0 aromatic rings. The zero-order valence-electron chi connectivity index (χ0n) is 12.2. The zero-order valence-corrected chi connectivity index (χ0v) is 12.2. The van der Waals surface area contributed by atoms with Gasteiger partial charge in [0.1, 0.15) is 0 Å². The van der Waals surface area contributed by atoms with Gasteiger partial charge in [0.25, 0.3) is 0 Å². The number of nitrogens with two attached hydrogens (primary N) is 2. The molecule has 0 radical (unpaired) electrons. The molecule has 0 rings (SSSR count). The first-order chi connectivity index (χ1) is 8.47. The van der Waals surface area contributed by atoms with Gasteiger partial charge in [0.15, 0.2) is 0 Å². The smallest absolute Gasteiger partial charge is 0.0881 e. The Morgan fingerprint density at radius 3 is 2.28 bits per heavy atom. The van der Waals surface area contributed by atoms with Gasteiger partial charge in [0.2, 0.25) is 0 Å². The first-order valence-corrected chi connectivity index (χ1v) is 6.23. The van der Waals surface area contributed by atoms with E-state index in [1.54, 1.807) is 0 Å². The summed E-state index contributed by atoms with van der Waals surface area (Å²) in [5, 5.41) is 3.10. The molecule has 18 heavy (non-hydrogen) atoms. The summed E-state index contributed by atoms with van der Waals surface area (Å²) >= 11 is 0. The highest BCUT2D eigenvalue weighted by molar-refractivity contribution is 5.56. The Morgan fingerprint density at radius 1 is 1.28 bits per heavy atom. The minimum absolute atomic E-state index is 0.566. The molecule has 0 amide bonds. The second-order valence-electron chi connectivity index (χ2n) is 4.84. The maximum absolute atomic E-state index is 5.62. The first kappa shape index (κ1) is 16.7. The fourth-order valence-electron chi connectivity index (χ4n) is 1.92. The van der Waals surface area contributed by atoms with Crippen LogP contribution in [0.15, 0.2) is 27.5 Å². The molecule has 0 atom stereocenters. The third kappa shape index (κ3) is 5.33. The van der Waals surface area contributed by atoms with Gasteiger partial charge in [-0.05, 0) is 44.4 Å². The van der Waals surface area contributed by atoms with E-state index in [-0.39, 0.29) is 0 Å². The SMILES string of the molecule is CNC/C(C)=C(NN)/C(/N=C\N)=C(\C)CC(C)C. The molecule has 0 aromatic heterocycles. The minimum Gasteiger partial charge on any atom is -0.390 e. The number of likely N-dealkylation sites (N-methyl/N-ethyl adjacent to an activating group) is 1. The highest BCUT2D eigenvalue weighted by atomic mass is 15.2. The molecule has 0 aliphatic heterocycles. The van der Waals surface area contributed by atoms with Crippen molar-refractivity contribution in [1.29, 1.82) is 0 Å². The number of nitrogens with one attached hydrogen (secondary N) is 2. The number of hydrazine groups is 1. The Kier molecular flexibility index (Phi) is 8.07. The second-order valence-corrected chi connectivity index (χ2v) is 4.84. The van der Waals surface area contributed by atoms with Gasteiger partial charge in [0, 0.05) is 6.54 Å². The molecule has 5 heteroatoms. The van der Waals surface area contributed by atoms with E-state index in [2.05, 4.69) is 36.5 Å². The Hall–Kier alpha value is -1.33. The van der Waals surface area contributed by atoms with Gasteiger partial charge in [-0.1, -0.05) is 13.8 Å². The van der Waals surface area contributed by atoms with E-state index < -0.39 is 0 Å². The first-order valence-electron chi connectivity index (χ1n) is 6.23. The van der Waals surface area contributed by atoms with Crippen molar-refractivity contribution in [3.63, 3.8) is 0 Å². The summed E-state index contributed by atoms with van der Waals surface area (Å²) in [6.07, 6.45) is 2.27. The largest absolute Gasteiger partial charge is 0.390 e. The van der Waals surface area contributed by atoms with Crippen molar-refractivity contribution in [3.8, 4) is 0 Å². The van der Waals surface area contributed by atoms with Gasteiger partial charge in [-0.3, -0.25) is 5.84 Å². The Bertz CT molecular complexity index is 339. The fourth-order valence-corrected chi connectivity index (χ4v) is 1.92. The number of aliphatic imine (C=N–C) groups is 1. The maximum atomic E-state index is 5.62. The van der Waals surface area contributed by atoms with Crippen molar-refractivity contribution >= 4 is 6.34 Å². The van der Waals surface area contributed by atoms with Crippen LogP contribution in [0.3, 0.4) is 0 Å². The Balaban J connectivity index is 5.50. The lowest BCUT2D eigenvalue weighted by Crippen LogP contribution is -2.26. The molecule has 0 fully saturated rings. The van der Waals surface area contributed by atoms with Crippen LogP contribution in [-0.2, 0) is 0 Å². The summed E-state index contributed by atoms with van der Waals surface area (Å²) in [7, 11) is 1.90. The Labute approximate surface area is 110 Å². The van der Waals surface area contributed by atoms with Crippen LogP contribution >= 0.6 is 0 Å². The summed E-state index contributed by atoms with van der Waals surface area (Å²) in [5.74, 6) is 6.19. The molecule has 0 spiro atoms. The summed E-state index contributed by atoms with van der Waals surface area (Å²) < 4.78 is 0. The topological polar surface area (TPSA) is 88.5 Å². The molecular weight excluding hydrogens is 226 g/mol. The van der Waals surface area contributed by atoms with Crippen molar-refractivity contribution in [2.75, 3.05) is 13.6 Å². The molecule has 0 bridgehead atoms. The van der Waals surface area contributed by atoms with Crippen LogP contribution in [0.5, 0.6) is 0 Å². The molecule has 0 unspecified atom stereocenters. The van der Waals surface area contributed by atoms with Crippen molar-refractivity contribution in [2.45, 2.75) is 34.1 Å². The normalized spacial score (nSPS) is 14.8. The maximum Gasteiger partial charge on any atom is 0.0881 e. The van der Waals surface area contributed by atoms with Crippen LogP contribution < -0.4 is 22.3 Å². The van der Waals surface area contributed by atoms with Crippen LogP contribution in [0.2, 0.25) is 0 Å². The number of hydrogen-bond donors (Lipinski definition) is 4. The van der Waals surface area contributed by atoms with Gasteiger partial charge < -0.3 is 16.5 Å². The predicted octanol–water partition coefficient (Wildman–Crippen LogP) is 1.25. The second kappa shape index (κ2) is 8.72. The lowest BCUT2D eigenvalue weighted by molar-refractivity contribution is 0.636. The van der Waals surface area contributed by atoms with Crippen LogP contribution in [0.4, 0.5) is 0 Å². The van der Waals surface area contributed by atoms with Crippen LogP contribution in [0, 0.1) is 5.92 Å². The molecule has 0 saturated heterocycles.